The SMILES string of the molecule is CCc1cc(N(CC(OC)C(Cl)OC(=O)c2ccccc2Cl)CC(OC)C(Cl)OC(=O)c2ccccc2Cl)cc(CC)c1CC. The van der Waals surface area contributed by atoms with E-state index in [1.807, 2.05) is 4.90 Å². The third-order valence-electron chi connectivity index (χ3n) is 7.52. The highest BCUT2D eigenvalue weighted by Gasteiger charge is 2.32. The first-order chi connectivity index (χ1) is 21.6. The van der Waals surface area contributed by atoms with Crippen LogP contribution in [0, 0.1) is 0 Å². The predicted octanol–water partition coefficient (Wildman–Crippen LogP) is 8.36. The number of nitrogens with zero attached hydrogens (tertiary/aromatic N) is 1. The maximum absolute atomic E-state index is 12.9. The smallest absolute Gasteiger partial charge is 0.341 e. The number of rotatable bonds is 16. The molecule has 0 fully saturated rings. The quantitative estimate of drug-likeness (QED) is 0.110. The number of methoxy groups -OCH3 is 2. The highest BCUT2D eigenvalue weighted by atomic mass is 35.5. The summed E-state index contributed by atoms with van der Waals surface area (Å²) in [5.41, 5.74) is 2.64. The summed E-state index contributed by atoms with van der Waals surface area (Å²) < 4.78 is 22.6. The first-order valence-electron chi connectivity index (χ1n) is 14.7. The van der Waals surface area contributed by atoms with Gasteiger partial charge in [0.15, 0.2) is 0 Å². The third kappa shape index (κ3) is 9.74. The van der Waals surface area contributed by atoms with Gasteiger partial charge in [0.05, 0.1) is 21.2 Å². The number of carbonyl (C=O) groups excluding carboxylic acids is 2. The molecule has 4 unspecified atom stereocenters. The molecule has 0 saturated heterocycles. The average molecular weight is 699 g/mol. The number of benzene rings is 3. The molecule has 7 nitrogen and oxygen atoms in total. The van der Waals surface area contributed by atoms with Gasteiger partial charge >= 0.3 is 11.9 Å². The molecule has 0 radical (unpaired) electrons. The fourth-order valence-corrected chi connectivity index (χ4v) is 5.98. The average Bonchev–Trinajstić information content (AvgIpc) is 3.04. The van der Waals surface area contributed by atoms with Crippen LogP contribution >= 0.6 is 46.4 Å². The van der Waals surface area contributed by atoms with Gasteiger partial charge in [-0.25, -0.2) is 9.59 Å². The van der Waals surface area contributed by atoms with Crippen molar-refractivity contribution in [2.24, 2.45) is 0 Å². The molecule has 0 aromatic heterocycles. The Morgan fingerprint density at radius 1 is 0.689 bits per heavy atom. The number of hydrogen-bond donors (Lipinski definition) is 0. The monoisotopic (exact) mass is 697 g/mol. The number of alkyl halides is 2. The summed E-state index contributed by atoms with van der Waals surface area (Å²) in [6, 6.07) is 17.4. The highest BCUT2D eigenvalue weighted by molar-refractivity contribution is 6.34. The third-order valence-corrected chi connectivity index (χ3v) is 8.92. The van der Waals surface area contributed by atoms with Crippen LogP contribution in [0.25, 0.3) is 0 Å². The molecule has 0 saturated carbocycles. The summed E-state index contributed by atoms with van der Waals surface area (Å²) >= 11 is 25.7. The van der Waals surface area contributed by atoms with Crippen molar-refractivity contribution >= 4 is 64.0 Å². The van der Waals surface area contributed by atoms with Crippen molar-refractivity contribution in [3.63, 3.8) is 0 Å². The van der Waals surface area contributed by atoms with E-state index in [2.05, 4.69) is 32.9 Å². The van der Waals surface area contributed by atoms with E-state index in [9.17, 15) is 9.59 Å². The van der Waals surface area contributed by atoms with Gasteiger partial charge in [-0.1, -0.05) is 91.4 Å². The van der Waals surface area contributed by atoms with E-state index in [1.54, 1.807) is 48.5 Å². The van der Waals surface area contributed by atoms with E-state index >= 15 is 0 Å². The lowest BCUT2D eigenvalue weighted by atomic mass is 9.94. The second kappa shape index (κ2) is 18.0. The topological polar surface area (TPSA) is 74.3 Å². The fourth-order valence-electron chi connectivity index (χ4n) is 5.03. The molecule has 0 heterocycles. The number of ether oxygens (including phenoxy) is 4. The Bertz CT molecular complexity index is 1340. The molecule has 0 N–H and O–H groups in total. The molecule has 3 aromatic rings. The number of anilines is 1. The summed E-state index contributed by atoms with van der Waals surface area (Å²) in [6.45, 7) is 6.73. The number of esters is 2. The number of carbonyl (C=O) groups is 2. The van der Waals surface area contributed by atoms with Crippen LogP contribution in [0.1, 0.15) is 58.2 Å². The molecule has 0 aliphatic heterocycles. The maximum Gasteiger partial charge on any atom is 0.341 e. The van der Waals surface area contributed by atoms with Crippen LogP contribution in [-0.2, 0) is 38.2 Å². The normalized spacial score (nSPS) is 13.9. The van der Waals surface area contributed by atoms with Gasteiger partial charge in [0.2, 0.25) is 11.1 Å². The standard InChI is InChI=1S/C34H39Cl4NO6/c1-6-21-17-23(18-22(7-2)24(21)8-3)39(19-29(42-4)31(37)44-33(40)25-13-9-11-15-27(25)35)20-30(43-5)32(38)45-34(41)26-14-10-12-16-28(26)36/h9-18,29-32H,6-8,19-20H2,1-5H3. The van der Waals surface area contributed by atoms with Crippen molar-refractivity contribution in [3.05, 3.63) is 98.5 Å². The minimum absolute atomic E-state index is 0.181. The summed E-state index contributed by atoms with van der Waals surface area (Å²) in [5.74, 6) is -1.35. The van der Waals surface area contributed by atoms with E-state index in [0.29, 0.717) is 0 Å². The molecule has 0 aliphatic carbocycles. The molecule has 3 rings (SSSR count). The lowest BCUT2D eigenvalue weighted by Crippen LogP contribution is -2.46. The molecule has 0 aliphatic rings. The largest absolute Gasteiger partial charge is 0.439 e. The molecular weight excluding hydrogens is 660 g/mol. The zero-order valence-electron chi connectivity index (χ0n) is 26.0. The second-order valence-corrected chi connectivity index (χ2v) is 11.9. The summed E-state index contributed by atoms with van der Waals surface area (Å²) in [7, 11) is 2.97. The fraction of sp³-hybridized carbons (Fsp3) is 0.412. The molecule has 11 heteroatoms. The van der Waals surface area contributed by atoms with E-state index < -0.39 is 35.3 Å². The molecule has 4 atom stereocenters. The van der Waals surface area contributed by atoms with Gasteiger partial charge in [0.25, 0.3) is 0 Å². The Morgan fingerprint density at radius 3 is 1.42 bits per heavy atom. The maximum atomic E-state index is 12.9. The van der Waals surface area contributed by atoms with Gasteiger partial charge < -0.3 is 23.8 Å². The Labute approximate surface area is 285 Å². The minimum atomic E-state index is -1.17. The van der Waals surface area contributed by atoms with Crippen molar-refractivity contribution < 1.29 is 28.5 Å². The van der Waals surface area contributed by atoms with Crippen LogP contribution in [-0.4, -0.2) is 62.6 Å². The van der Waals surface area contributed by atoms with E-state index in [-0.39, 0.29) is 34.3 Å². The van der Waals surface area contributed by atoms with Crippen molar-refractivity contribution in [1.29, 1.82) is 0 Å². The molecule has 0 amide bonds. The van der Waals surface area contributed by atoms with Crippen LogP contribution in [0.4, 0.5) is 5.69 Å². The van der Waals surface area contributed by atoms with Gasteiger partial charge in [0.1, 0.15) is 12.2 Å². The molecule has 3 aromatic carbocycles. The first-order valence-corrected chi connectivity index (χ1v) is 16.3. The van der Waals surface area contributed by atoms with E-state index in [1.165, 1.54) is 30.9 Å². The summed E-state index contributed by atoms with van der Waals surface area (Å²) in [4.78, 5) is 27.8. The first kappa shape index (κ1) is 36.9. The van der Waals surface area contributed by atoms with Gasteiger partial charge in [-0.3, -0.25) is 0 Å². The van der Waals surface area contributed by atoms with Crippen LogP contribution in [0.15, 0.2) is 60.7 Å². The van der Waals surface area contributed by atoms with Crippen molar-refractivity contribution in [2.75, 3.05) is 32.2 Å². The Hall–Kier alpha value is -2.52. The molecule has 0 bridgehead atoms. The summed E-state index contributed by atoms with van der Waals surface area (Å²) in [6.07, 6.45) is 1.00. The van der Waals surface area contributed by atoms with Crippen LogP contribution < -0.4 is 4.90 Å². The van der Waals surface area contributed by atoms with Gasteiger partial charge in [-0.05, 0) is 72.4 Å². The Kier molecular flexibility index (Phi) is 14.8. The second-order valence-electron chi connectivity index (χ2n) is 10.2. The van der Waals surface area contributed by atoms with Crippen molar-refractivity contribution in [1.82, 2.24) is 0 Å². The van der Waals surface area contributed by atoms with Crippen molar-refractivity contribution in [3.8, 4) is 0 Å². The molecular formula is C34H39Cl4NO6. The summed E-state index contributed by atoms with van der Waals surface area (Å²) in [5, 5.41) is 0.499. The Morgan fingerprint density at radius 2 is 1.09 bits per heavy atom. The van der Waals surface area contributed by atoms with Crippen molar-refractivity contribution in [2.45, 2.75) is 63.4 Å². The zero-order chi connectivity index (χ0) is 33.1. The van der Waals surface area contributed by atoms with Gasteiger partial charge in [-0.2, -0.15) is 0 Å². The van der Waals surface area contributed by atoms with Crippen LogP contribution in [0.5, 0.6) is 0 Å². The molecule has 0 spiro atoms. The minimum Gasteiger partial charge on any atom is -0.439 e. The lowest BCUT2D eigenvalue weighted by molar-refractivity contribution is -0.00939. The number of halogens is 4. The van der Waals surface area contributed by atoms with E-state index in [4.69, 9.17) is 65.4 Å². The highest BCUT2D eigenvalue weighted by Crippen LogP contribution is 2.29. The van der Waals surface area contributed by atoms with Crippen LogP contribution in [0.3, 0.4) is 0 Å². The lowest BCUT2D eigenvalue weighted by Gasteiger charge is -2.34. The van der Waals surface area contributed by atoms with Gasteiger partial charge in [0, 0.05) is 33.0 Å². The Balaban J connectivity index is 1.93. The molecule has 45 heavy (non-hydrogen) atoms. The molecule has 244 valence electrons. The van der Waals surface area contributed by atoms with Crippen LogP contribution in [0.2, 0.25) is 10.0 Å². The zero-order valence-corrected chi connectivity index (χ0v) is 29.1. The van der Waals surface area contributed by atoms with Gasteiger partial charge in [-0.15, -0.1) is 0 Å². The predicted molar refractivity (Wildman–Crippen MR) is 181 cm³/mol. The number of aryl methyl sites for hydroxylation is 2. The number of hydrogen-bond acceptors (Lipinski definition) is 7. The van der Waals surface area contributed by atoms with E-state index in [0.717, 1.165) is 24.9 Å².